The molecule has 0 nitrogen and oxygen atoms in total. The Hall–Kier alpha value is -0.0862. The van der Waals surface area contributed by atoms with Crippen molar-refractivity contribution in [3.63, 3.8) is 0 Å². The van der Waals surface area contributed by atoms with Crippen LogP contribution in [0.25, 0.3) is 0 Å². The van der Waals surface area contributed by atoms with Gasteiger partial charge >= 0.3 is 0 Å². The van der Waals surface area contributed by atoms with Crippen molar-refractivity contribution in [2.45, 2.75) is 45.7 Å². The zero-order valence-corrected chi connectivity index (χ0v) is 13.0. The molecule has 0 saturated heterocycles. The SMILES string of the molecule is C[Si](C)(C)C1=C([Si](C)(C)C)C2C=CC1C2. The predicted octanol–water partition coefficient (Wildman–Crippen LogP) is 4.24. The van der Waals surface area contributed by atoms with Crippen LogP contribution in [0.1, 0.15) is 6.42 Å². The summed E-state index contributed by atoms with van der Waals surface area (Å²) in [7, 11) is -2.18. The van der Waals surface area contributed by atoms with Gasteiger partial charge < -0.3 is 0 Å². The molecule has 0 aromatic carbocycles. The summed E-state index contributed by atoms with van der Waals surface area (Å²) >= 11 is 0. The molecule has 15 heavy (non-hydrogen) atoms. The molecule has 0 aliphatic heterocycles. The Morgan fingerprint density at radius 3 is 1.40 bits per heavy atom. The first kappa shape index (κ1) is 11.4. The van der Waals surface area contributed by atoms with E-state index in [4.69, 9.17) is 0 Å². The van der Waals surface area contributed by atoms with Crippen LogP contribution in [0.5, 0.6) is 0 Å². The lowest BCUT2D eigenvalue weighted by Crippen LogP contribution is -2.35. The zero-order valence-electron chi connectivity index (χ0n) is 11.0. The molecule has 2 bridgehead atoms. The van der Waals surface area contributed by atoms with Crippen LogP contribution in [0.15, 0.2) is 22.5 Å². The molecular weight excluding hydrogens is 212 g/mol. The molecule has 84 valence electrons. The molecule has 0 aromatic rings. The highest BCUT2D eigenvalue weighted by Crippen LogP contribution is 2.50. The summed E-state index contributed by atoms with van der Waals surface area (Å²) in [5, 5.41) is 3.85. The highest BCUT2D eigenvalue weighted by Gasteiger charge is 2.44. The van der Waals surface area contributed by atoms with Gasteiger partial charge in [-0.3, -0.25) is 0 Å². The van der Waals surface area contributed by atoms with Gasteiger partial charge in [-0.25, -0.2) is 0 Å². The summed E-state index contributed by atoms with van der Waals surface area (Å²) in [6.45, 7) is 15.1. The van der Waals surface area contributed by atoms with Crippen molar-refractivity contribution in [1.29, 1.82) is 0 Å². The Morgan fingerprint density at radius 2 is 1.13 bits per heavy atom. The molecule has 2 heteroatoms. The van der Waals surface area contributed by atoms with Gasteiger partial charge in [-0.05, 0) is 18.3 Å². The Bertz CT molecular complexity index is 305. The van der Waals surface area contributed by atoms with Crippen molar-refractivity contribution in [2.75, 3.05) is 0 Å². The number of fused-ring (bicyclic) bond motifs is 2. The van der Waals surface area contributed by atoms with Crippen LogP contribution in [-0.2, 0) is 0 Å². The van der Waals surface area contributed by atoms with Crippen LogP contribution in [0, 0.1) is 11.8 Å². The van der Waals surface area contributed by atoms with E-state index in [9.17, 15) is 0 Å². The van der Waals surface area contributed by atoms with Crippen molar-refractivity contribution in [2.24, 2.45) is 11.8 Å². The van der Waals surface area contributed by atoms with E-state index in [2.05, 4.69) is 51.4 Å². The van der Waals surface area contributed by atoms with Crippen LogP contribution in [0.2, 0.25) is 39.3 Å². The quantitative estimate of drug-likeness (QED) is 0.497. The van der Waals surface area contributed by atoms with Crippen LogP contribution in [0.3, 0.4) is 0 Å². The van der Waals surface area contributed by atoms with E-state index in [0.717, 1.165) is 11.8 Å². The van der Waals surface area contributed by atoms with Gasteiger partial charge in [0.05, 0.1) is 16.1 Å². The maximum Gasteiger partial charge on any atom is 0.0726 e. The predicted molar refractivity (Wildman–Crippen MR) is 74.5 cm³/mol. The molecular formula is C13H24Si2. The van der Waals surface area contributed by atoms with Gasteiger partial charge in [0.25, 0.3) is 0 Å². The lowest BCUT2D eigenvalue weighted by Gasteiger charge is -2.32. The second kappa shape index (κ2) is 3.20. The van der Waals surface area contributed by atoms with E-state index in [1.807, 2.05) is 10.4 Å². The monoisotopic (exact) mass is 236 g/mol. The van der Waals surface area contributed by atoms with Crippen LogP contribution >= 0.6 is 0 Å². The van der Waals surface area contributed by atoms with E-state index >= 15 is 0 Å². The van der Waals surface area contributed by atoms with E-state index < -0.39 is 16.1 Å². The number of allylic oxidation sites excluding steroid dienone is 4. The molecule has 2 rings (SSSR count). The Balaban J connectivity index is 2.50. The smallest absolute Gasteiger partial charge is 0.0726 e. The third-order valence-corrected chi connectivity index (χ3v) is 8.49. The molecule has 0 radical (unpaired) electrons. The molecule has 0 amide bonds. The minimum atomic E-state index is -1.09. The first-order valence-corrected chi connectivity index (χ1v) is 13.1. The average Bonchev–Trinajstić information content (AvgIpc) is 2.56. The molecule has 0 heterocycles. The fourth-order valence-electron chi connectivity index (χ4n) is 3.45. The molecule has 0 spiro atoms. The second-order valence-corrected chi connectivity index (χ2v) is 17.2. The molecule has 2 aliphatic rings. The molecule has 2 unspecified atom stereocenters. The average molecular weight is 237 g/mol. The number of rotatable bonds is 2. The summed E-state index contributed by atoms with van der Waals surface area (Å²) in [6, 6.07) is 0. The van der Waals surface area contributed by atoms with E-state index in [1.165, 1.54) is 6.42 Å². The standard InChI is InChI=1S/C13H24Si2/c1-14(2,3)12-10-7-8-11(9-10)13(12)15(4,5)6/h7-8,10-11H,9H2,1-6H3. The molecule has 2 aliphatic carbocycles. The topological polar surface area (TPSA) is 0 Å². The highest BCUT2D eigenvalue weighted by atomic mass is 28.3. The first-order chi connectivity index (χ1) is 6.71. The summed E-state index contributed by atoms with van der Waals surface area (Å²) < 4.78 is 0. The lowest BCUT2D eigenvalue weighted by atomic mass is 10.1. The summed E-state index contributed by atoms with van der Waals surface area (Å²) in [6.07, 6.45) is 6.39. The van der Waals surface area contributed by atoms with Crippen LogP contribution in [-0.4, -0.2) is 16.1 Å². The second-order valence-electron chi connectivity index (χ2n) is 7.16. The minimum absolute atomic E-state index is 0.836. The molecule has 0 fully saturated rings. The fourth-order valence-corrected chi connectivity index (χ4v) is 10.3. The molecule has 2 atom stereocenters. The summed E-state index contributed by atoms with van der Waals surface area (Å²) in [5.74, 6) is 1.67. The summed E-state index contributed by atoms with van der Waals surface area (Å²) in [4.78, 5) is 0. The number of hydrogen-bond donors (Lipinski definition) is 0. The van der Waals surface area contributed by atoms with Crippen molar-refractivity contribution in [3.8, 4) is 0 Å². The van der Waals surface area contributed by atoms with Gasteiger partial charge in [-0.1, -0.05) is 61.8 Å². The minimum Gasteiger partial charge on any atom is -0.0811 e. The van der Waals surface area contributed by atoms with Crippen molar-refractivity contribution < 1.29 is 0 Å². The Labute approximate surface area is 96.5 Å². The van der Waals surface area contributed by atoms with Crippen molar-refractivity contribution in [1.82, 2.24) is 0 Å². The third-order valence-electron chi connectivity index (χ3n) is 3.73. The molecule has 0 N–H and O–H groups in total. The first-order valence-electron chi connectivity index (χ1n) is 6.14. The maximum absolute atomic E-state index is 2.52. The van der Waals surface area contributed by atoms with Gasteiger partial charge in [0, 0.05) is 0 Å². The van der Waals surface area contributed by atoms with Gasteiger partial charge in [-0.15, -0.1) is 0 Å². The Kier molecular flexibility index (Phi) is 2.43. The van der Waals surface area contributed by atoms with E-state index in [0.29, 0.717) is 0 Å². The maximum atomic E-state index is 2.52. The largest absolute Gasteiger partial charge is 0.0811 e. The highest BCUT2D eigenvalue weighted by molar-refractivity contribution is 6.89. The molecule has 0 saturated carbocycles. The van der Waals surface area contributed by atoms with Gasteiger partial charge in [0.15, 0.2) is 0 Å². The normalized spacial score (nSPS) is 30.5. The summed E-state index contributed by atoms with van der Waals surface area (Å²) in [5.41, 5.74) is 0. The van der Waals surface area contributed by atoms with Crippen LogP contribution in [0.4, 0.5) is 0 Å². The molecule has 0 aromatic heterocycles. The Morgan fingerprint density at radius 1 is 0.800 bits per heavy atom. The lowest BCUT2D eigenvalue weighted by molar-refractivity contribution is 0.718. The van der Waals surface area contributed by atoms with E-state index in [-0.39, 0.29) is 0 Å². The van der Waals surface area contributed by atoms with Gasteiger partial charge in [0.1, 0.15) is 0 Å². The van der Waals surface area contributed by atoms with E-state index in [1.54, 1.807) is 0 Å². The van der Waals surface area contributed by atoms with Crippen molar-refractivity contribution in [3.05, 3.63) is 22.5 Å². The zero-order chi connectivity index (χ0) is 11.4. The third kappa shape index (κ3) is 1.82. The van der Waals surface area contributed by atoms with Crippen LogP contribution < -0.4 is 0 Å². The number of hydrogen-bond acceptors (Lipinski definition) is 0. The van der Waals surface area contributed by atoms with Gasteiger partial charge in [0.2, 0.25) is 0 Å². The van der Waals surface area contributed by atoms with Crippen molar-refractivity contribution >= 4 is 16.1 Å². The van der Waals surface area contributed by atoms with Gasteiger partial charge in [-0.2, -0.15) is 0 Å². The fraction of sp³-hybridized carbons (Fsp3) is 0.692.